The molecule has 0 radical (unpaired) electrons. The molecule has 2 aliphatic rings. The number of rotatable bonds is 1. The number of nitrogens with zero attached hydrogens (tertiary/aromatic N) is 1. The first-order valence-corrected chi connectivity index (χ1v) is 6.70. The third-order valence-electron chi connectivity index (χ3n) is 3.81. The predicted octanol–water partition coefficient (Wildman–Crippen LogP) is 0.868. The van der Waals surface area contributed by atoms with Gasteiger partial charge in [-0.2, -0.15) is 0 Å². The van der Waals surface area contributed by atoms with Crippen molar-refractivity contribution in [3.63, 3.8) is 0 Å². The molecule has 4 nitrogen and oxygen atoms in total. The SMILES string of the molecule is CC1CNCC(C(=O)N2CC(C)OCC2C)C1. The Hall–Kier alpha value is -0.610. The largest absolute Gasteiger partial charge is 0.375 e. The van der Waals surface area contributed by atoms with Crippen LogP contribution in [0.1, 0.15) is 27.2 Å². The maximum Gasteiger partial charge on any atom is 0.227 e. The maximum absolute atomic E-state index is 12.5. The fraction of sp³-hybridized carbons (Fsp3) is 0.923. The quantitative estimate of drug-likeness (QED) is 0.739. The van der Waals surface area contributed by atoms with Gasteiger partial charge in [-0.15, -0.1) is 0 Å². The minimum absolute atomic E-state index is 0.159. The van der Waals surface area contributed by atoms with E-state index in [0.717, 1.165) is 26.1 Å². The van der Waals surface area contributed by atoms with Crippen LogP contribution in [0.25, 0.3) is 0 Å². The molecule has 0 aliphatic carbocycles. The summed E-state index contributed by atoms with van der Waals surface area (Å²) in [6, 6.07) is 0.218. The molecule has 2 saturated heterocycles. The van der Waals surface area contributed by atoms with Crippen LogP contribution in [-0.4, -0.2) is 49.2 Å². The number of amides is 1. The lowest BCUT2D eigenvalue weighted by molar-refractivity contribution is -0.148. The van der Waals surface area contributed by atoms with E-state index >= 15 is 0 Å². The van der Waals surface area contributed by atoms with Crippen molar-refractivity contribution in [2.45, 2.75) is 39.3 Å². The van der Waals surface area contributed by atoms with Crippen LogP contribution in [0.4, 0.5) is 0 Å². The Labute approximate surface area is 104 Å². The third-order valence-corrected chi connectivity index (χ3v) is 3.81. The van der Waals surface area contributed by atoms with Crippen molar-refractivity contribution in [3.05, 3.63) is 0 Å². The van der Waals surface area contributed by atoms with Gasteiger partial charge in [0.05, 0.1) is 24.7 Å². The number of carbonyl (C=O) groups is 1. The average molecular weight is 240 g/mol. The topological polar surface area (TPSA) is 41.6 Å². The fourth-order valence-corrected chi connectivity index (χ4v) is 2.79. The van der Waals surface area contributed by atoms with Crippen molar-refractivity contribution in [2.24, 2.45) is 11.8 Å². The molecule has 0 saturated carbocycles. The Kier molecular flexibility index (Phi) is 4.05. The van der Waals surface area contributed by atoms with Gasteiger partial charge in [-0.3, -0.25) is 4.79 Å². The minimum atomic E-state index is 0.159. The fourth-order valence-electron chi connectivity index (χ4n) is 2.79. The highest BCUT2D eigenvalue weighted by atomic mass is 16.5. The second-order valence-corrected chi connectivity index (χ2v) is 5.68. The molecule has 2 rings (SSSR count). The number of piperidine rings is 1. The van der Waals surface area contributed by atoms with Crippen molar-refractivity contribution in [2.75, 3.05) is 26.2 Å². The van der Waals surface area contributed by atoms with Gasteiger partial charge in [0.25, 0.3) is 0 Å². The summed E-state index contributed by atoms with van der Waals surface area (Å²) in [6.07, 6.45) is 1.19. The molecule has 4 atom stereocenters. The van der Waals surface area contributed by atoms with Gasteiger partial charge in [-0.1, -0.05) is 6.92 Å². The third kappa shape index (κ3) is 2.99. The molecule has 1 amide bonds. The second-order valence-electron chi connectivity index (χ2n) is 5.68. The Balaban J connectivity index is 1.97. The molecule has 0 aromatic carbocycles. The molecule has 4 heteroatoms. The van der Waals surface area contributed by atoms with E-state index in [-0.39, 0.29) is 18.1 Å². The van der Waals surface area contributed by atoms with E-state index in [9.17, 15) is 4.79 Å². The Morgan fingerprint density at radius 1 is 1.29 bits per heavy atom. The van der Waals surface area contributed by atoms with Gasteiger partial charge in [0, 0.05) is 13.1 Å². The molecule has 2 heterocycles. The van der Waals surface area contributed by atoms with Gasteiger partial charge in [0.2, 0.25) is 5.91 Å². The highest BCUT2D eigenvalue weighted by molar-refractivity contribution is 5.79. The van der Waals surface area contributed by atoms with Crippen LogP contribution < -0.4 is 5.32 Å². The second kappa shape index (κ2) is 5.36. The molecule has 1 N–H and O–H groups in total. The monoisotopic (exact) mass is 240 g/mol. The molecule has 0 aromatic heterocycles. The first-order chi connectivity index (χ1) is 8.08. The number of hydrogen-bond acceptors (Lipinski definition) is 3. The molecule has 98 valence electrons. The average Bonchev–Trinajstić information content (AvgIpc) is 2.31. The Morgan fingerprint density at radius 3 is 2.76 bits per heavy atom. The molecule has 4 unspecified atom stereocenters. The van der Waals surface area contributed by atoms with Crippen LogP contribution in [0.15, 0.2) is 0 Å². The van der Waals surface area contributed by atoms with E-state index in [2.05, 4.69) is 19.2 Å². The first-order valence-electron chi connectivity index (χ1n) is 6.70. The van der Waals surface area contributed by atoms with Gasteiger partial charge in [-0.05, 0) is 32.7 Å². The molecule has 0 aromatic rings. The van der Waals surface area contributed by atoms with E-state index in [0.29, 0.717) is 18.4 Å². The summed E-state index contributed by atoms with van der Waals surface area (Å²) in [6.45, 7) is 9.60. The number of carbonyl (C=O) groups excluding carboxylic acids is 1. The summed E-state index contributed by atoms with van der Waals surface area (Å²) >= 11 is 0. The predicted molar refractivity (Wildman–Crippen MR) is 66.7 cm³/mol. The van der Waals surface area contributed by atoms with Gasteiger partial charge >= 0.3 is 0 Å². The molecule has 17 heavy (non-hydrogen) atoms. The van der Waals surface area contributed by atoms with Gasteiger partial charge in [0.15, 0.2) is 0 Å². The number of morpholine rings is 1. The first kappa shape index (κ1) is 12.8. The van der Waals surface area contributed by atoms with Crippen LogP contribution in [0.5, 0.6) is 0 Å². The number of nitrogens with one attached hydrogen (secondary N) is 1. The number of hydrogen-bond donors (Lipinski definition) is 1. The molecule has 2 fully saturated rings. The van der Waals surface area contributed by atoms with Gasteiger partial charge in [-0.25, -0.2) is 0 Å². The van der Waals surface area contributed by atoms with Crippen molar-refractivity contribution in [1.29, 1.82) is 0 Å². The Morgan fingerprint density at radius 2 is 2.06 bits per heavy atom. The van der Waals surface area contributed by atoms with Crippen molar-refractivity contribution in [3.8, 4) is 0 Å². The lowest BCUT2D eigenvalue weighted by atomic mass is 9.90. The van der Waals surface area contributed by atoms with E-state index in [1.165, 1.54) is 0 Å². The minimum Gasteiger partial charge on any atom is -0.375 e. The standard InChI is InChI=1S/C13H24N2O2/c1-9-4-12(6-14-5-9)13(16)15-7-11(3)17-8-10(15)2/h9-12,14H,4-8H2,1-3H3. The lowest BCUT2D eigenvalue weighted by Gasteiger charge is -2.40. The van der Waals surface area contributed by atoms with E-state index in [1.54, 1.807) is 0 Å². The summed E-state index contributed by atoms with van der Waals surface area (Å²) in [7, 11) is 0. The van der Waals surface area contributed by atoms with Crippen LogP contribution in [0, 0.1) is 11.8 Å². The molecule has 0 bridgehead atoms. The zero-order valence-electron chi connectivity index (χ0n) is 11.1. The van der Waals surface area contributed by atoms with Crippen LogP contribution in [-0.2, 0) is 9.53 Å². The van der Waals surface area contributed by atoms with E-state index in [1.807, 2.05) is 11.8 Å². The highest BCUT2D eigenvalue weighted by Gasteiger charge is 2.33. The van der Waals surface area contributed by atoms with E-state index < -0.39 is 0 Å². The molecular formula is C13H24N2O2. The maximum atomic E-state index is 12.5. The van der Waals surface area contributed by atoms with Gasteiger partial charge in [0.1, 0.15) is 0 Å². The van der Waals surface area contributed by atoms with Crippen molar-refractivity contribution < 1.29 is 9.53 Å². The molecule has 0 spiro atoms. The van der Waals surface area contributed by atoms with Crippen LogP contribution in [0.3, 0.4) is 0 Å². The summed E-state index contributed by atoms with van der Waals surface area (Å²) in [5.74, 6) is 1.07. The normalized spacial score (nSPS) is 39.1. The van der Waals surface area contributed by atoms with Crippen molar-refractivity contribution >= 4 is 5.91 Å². The summed E-state index contributed by atoms with van der Waals surface area (Å²) in [4.78, 5) is 14.5. The van der Waals surface area contributed by atoms with Crippen molar-refractivity contribution in [1.82, 2.24) is 10.2 Å². The molecule has 2 aliphatic heterocycles. The summed E-state index contributed by atoms with van der Waals surface area (Å²) < 4.78 is 5.57. The zero-order valence-corrected chi connectivity index (χ0v) is 11.1. The summed E-state index contributed by atoms with van der Waals surface area (Å²) in [5, 5.41) is 3.35. The number of ether oxygens (including phenoxy) is 1. The lowest BCUT2D eigenvalue weighted by Crippen LogP contribution is -2.54. The molecular weight excluding hydrogens is 216 g/mol. The van der Waals surface area contributed by atoms with Gasteiger partial charge < -0.3 is 15.0 Å². The van der Waals surface area contributed by atoms with Crippen LogP contribution >= 0.6 is 0 Å². The smallest absolute Gasteiger partial charge is 0.227 e. The summed E-state index contributed by atoms with van der Waals surface area (Å²) in [5.41, 5.74) is 0. The Bertz CT molecular complexity index is 283. The van der Waals surface area contributed by atoms with Crippen LogP contribution in [0.2, 0.25) is 0 Å². The zero-order chi connectivity index (χ0) is 12.4. The highest BCUT2D eigenvalue weighted by Crippen LogP contribution is 2.21. The van der Waals surface area contributed by atoms with E-state index in [4.69, 9.17) is 4.74 Å².